The van der Waals surface area contributed by atoms with Gasteiger partial charge in [-0.1, -0.05) is 13.8 Å². The molecule has 0 aromatic carbocycles. The molecular formula is C14H25N5. The van der Waals surface area contributed by atoms with Crippen molar-refractivity contribution in [1.29, 1.82) is 0 Å². The molecule has 0 spiro atoms. The quantitative estimate of drug-likeness (QED) is 0.822. The fraction of sp³-hybridized carbons (Fsp3) is 0.714. The molecule has 2 rings (SSSR count). The fourth-order valence-electron chi connectivity index (χ4n) is 2.51. The van der Waals surface area contributed by atoms with Crippen LogP contribution in [-0.4, -0.2) is 47.6 Å². The number of anilines is 2. The average Bonchev–Trinajstić information content (AvgIpc) is 2.82. The molecule has 0 radical (unpaired) electrons. The molecule has 1 aliphatic rings. The van der Waals surface area contributed by atoms with Gasteiger partial charge in [-0.15, -0.1) is 0 Å². The first kappa shape index (κ1) is 14.1. The number of aromatic nitrogens is 2. The van der Waals surface area contributed by atoms with Gasteiger partial charge in [0.05, 0.1) is 0 Å². The van der Waals surface area contributed by atoms with E-state index < -0.39 is 0 Å². The first-order chi connectivity index (χ1) is 9.24. The largest absolute Gasteiger partial charge is 0.370 e. The number of nitrogens with one attached hydrogen (secondary N) is 2. The van der Waals surface area contributed by atoms with Crippen LogP contribution in [-0.2, 0) is 6.42 Å². The Labute approximate surface area is 115 Å². The molecule has 5 nitrogen and oxygen atoms in total. The van der Waals surface area contributed by atoms with Crippen molar-refractivity contribution >= 4 is 11.6 Å². The zero-order valence-electron chi connectivity index (χ0n) is 12.2. The first-order valence-corrected chi connectivity index (χ1v) is 7.27. The Bertz CT molecular complexity index is 407. The third-order valence-electron chi connectivity index (χ3n) is 3.57. The van der Waals surface area contributed by atoms with Gasteiger partial charge in [-0.25, -0.2) is 9.97 Å². The summed E-state index contributed by atoms with van der Waals surface area (Å²) in [4.78, 5) is 11.1. The maximum atomic E-state index is 4.43. The second kappa shape index (κ2) is 6.70. The minimum atomic E-state index is 0.504. The summed E-state index contributed by atoms with van der Waals surface area (Å²) in [7, 11) is 2.16. The van der Waals surface area contributed by atoms with Crippen LogP contribution in [0.3, 0.4) is 0 Å². The lowest BCUT2D eigenvalue weighted by Gasteiger charge is -2.18. The van der Waals surface area contributed by atoms with Crippen molar-refractivity contribution in [2.24, 2.45) is 0 Å². The highest BCUT2D eigenvalue weighted by atomic mass is 15.2. The molecule has 1 aliphatic heterocycles. The van der Waals surface area contributed by atoms with E-state index in [-0.39, 0.29) is 0 Å². The SMILES string of the molecule is CCCNc1ncnc(NC2CCN(C)C2)c1CC. The highest BCUT2D eigenvalue weighted by Gasteiger charge is 2.21. The summed E-state index contributed by atoms with van der Waals surface area (Å²) in [5.74, 6) is 1.98. The maximum absolute atomic E-state index is 4.43. The predicted octanol–water partition coefficient (Wildman–Crippen LogP) is 1.98. The minimum absolute atomic E-state index is 0.504. The summed E-state index contributed by atoms with van der Waals surface area (Å²) in [6.45, 7) is 7.51. The van der Waals surface area contributed by atoms with Crippen molar-refractivity contribution in [2.45, 2.75) is 39.2 Å². The topological polar surface area (TPSA) is 53.1 Å². The van der Waals surface area contributed by atoms with E-state index in [1.54, 1.807) is 6.33 Å². The third-order valence-corrected chi connectivity index (χ3v) is 3.57. The molecule has 2 N–H and O–H groups in total. The van der Waals surface area contributed by atoms with Gasteiger partial charge in [0.25, 0.3) is 0 Å². The summed E-state index contributed by atoms with van der Waals surface area (Å²) in [5.41, 5.74) is 1.20. The highest BCUT2D eigenvalue weighted by Crippen LogP contribution is 2.22. The van der Waals surface area contributed by atoms with Crippen molar-refractivity contribution in [3.8, 4) is 0 Å². The van der Waals surface area contributed by atoms with Crippen molar-refractivity contribution in [2.75, 3.05) is 37.3 Å². The lowest BCUT2D eigenvalue weighted by molar-refractivity contribution is 0.414. The van der Waals surface area contributed by atoms with Crippen LogP contribution in [0, 0.1) is 0 Å². The van der Waals surface area contributed by atoms with E-state index in [9.17, 15) is 0 Å². The molecule has 1 unspecified atom stereocenters. The van der Waals surface area contributed by atoms with Crippen LogP contribution in [0.5, 0.6) is 0 Å². The van der Waals surface area contributed by atoms with Crippen LogP contribution in [0.4, 0.5) is 11.6 Å². The second-order valence-electron chi connectivity index (χ2n) is 5.22. The van der Waals surface area contributed by atoms with Gasteiger partial charge >= 0.3 is 0 Å². The van der Waals surface area contributed by atoms with Gasteiger partial charge in [0.15, 0.2) is 0 Å². The van der Waals surface area contributed by atoms with Gasteiger partial charge in [-0.2, -0.15) is 0 Å². The number of rotatable bonds is 6. The van der Waals surface area contributed by atoms with Crippen LogP contribution in [0.2, 0.25) is 0 Å². The summed E-state index contributed by atoms with van der Waals surface area (Å²) in [6.07, 6.45) is 4.88. The van der Waals surface area contributed by atoms with Gasteiger partial charge < -0.3 is 15.5 Å². The Balaban J connectivity index is 2.10. The molecule has 1 atom stereocenters. The number of hydrogen-bond donors (Lipinski definition) is 2. The molecule has 0 bridgehead atoms. The zero-order chi connectivity index (χ0) is 13.7. The fourth-order valence-corrected chi connectivity index (χ4v) is 2.51. The monoisotopic (exact) mass is 263 g/mol. The van der Waals surface area contributed by atoms with Crippen molar-refractivity contribution in [3.05, 3.63) is 11.9 Å². The van der Waals surface area contributed by atoms with E-state index >= 15 is 0 Å². The van der Waals surface area contributed by atoms with Gasteiger partial charge in [0, 0.05) is 24.7 Å². The van der Waals surface area contributed by atoms with Crippen molar-refractivity contribution in [3.63, 3.8) is 0 Å². The number of nitrogens with zero attached hydrogens (tertiary/aromatic N) is 3. The Morgan fingerprint density at radius 1 is 1.32 bits per heavy atom. The molecule has 0 aliphatic carbocycles. The minimum Gasteiger partial charge on any atom is -0.370 e. The molecule has 19 heavy (non-hydrogen) atoms. The molecule has 0 amide bonds. The lowest BCUT2D eigenvalue weighted by atomic mass is 10.2. The van der Waals surface area contributed by atoms with E-state index in [4.69, 9.17) is 0 Å². The lowest BCUT2D eigenvalue weighted by Crippen LogP contribution is -2.25. The predicted molar refractivity (Wildman–Crippen MR) is 79.7 cm³/mol. The Morgan fingerprint density at radius 2 is 2.11 bits per heavy atom. The van der Waals surface area contributed by atoms with Crippen molar-refractivity contribution < 1.29 is 0 Å². The first-order valence-electron chi connectivity index (χ1n) is 7.27. The maximum Gasteiger partial charge on any atom is 0.134 e. The number of likely N-dealkylation sites (tertiary alicyclic amines) is 1. The number of hydrogen-bond acceptors (Lipinski definition) is 5. The standard InChI is InChI=1S/C14H25N5/c1-4-7-15-13-12(5-2)14(17-10-16-13)18-11-6-8-19(3)9-11/h10-11H,4-9H2,1-3H3,(H2,15,16,17,18). The highest BCUT2D eigenvalue weighted by molar-refractivity contribution is 5.57. The van der Waals surface area contributed by atoms with Crippen LogP contribution in [0.15, 0.2) is 6.33 Å². The van der Waals surface area contributed by atoms with Gasteiger partial charge in [-0.05, 0) is 32.9 Å². The Hall–Kier alpha value is -1.36. The van der Waals surface area contributed by atoms with Gasteiger partial charge in [0.1, 0.15) is 18.0 Å². The molecule has 1 aromatic heterocycles. The van der Waals surface area contributed by atoms with Crippen LogP contribution < -0.4 is 10.6 Å². The van der Waals surface area contributed by atoms with E-state index in [0.717, 1.165) is 44.1 Å². The summed E-state index contributed by atoms with van der Waals surface area (Å²) in [5, 5.41) is 6.96. The molecule has 1 fully saturated rings. The van der Waals surface area contributed by atoms with Gasteiger partial charge in [0.2, 0.25) is 0 Å². The van der Waals surface area contributed by atoms with E-state index in [1.165, 1.54) is 12.0 Å². The summed E-state index contributed by atoms with van der Waals surface area (Å²) < 4.78 is 0. The third kappa shape index (κ3) is 3.56. The van der Waals surface area contributed by atoms with Crippen LogP contribution >= 0.6 is 0 Å². The van der Waals surface area contributed by atoms with Crippen molar-refractivity contribution in [1.82, 2.24) is 14.9 Å². The van der Waals surface area contributed by atoms with Gasteiger partial charge in [-0.3, -0.25) is 0 Å². The Kier molecular flexibility index (Phi) is 4.96. The summed E-state index contributed by atoms with van der Waals surface area (Å²) >= 11 is 0. The molecule has 5 heteroatoms. The molecule has 0 saturated carbocycles. The van der Waals surface area contributed by atoms with Crippen LogP contribution in [0.25, 0.3) is 0 Å². The molecule has 1 aromatic rings. The smallest absolute Gasteiger partial charge is 0.134 e. The van der Waals surface area contributed by atoms with E-state index in [2.05, 4.69) is 46.4 Å². The van der Waals surface area contributed by atoms with Crippen LogP contribution in [0.1, 0.15) is 32.3 Å². The zero-order valence-corrected chi connectivity index (χ0v) is 12.2. The normalized spacial score (nSPS) is 19.6. The second-order valence-corrected chi connectivity index (χ2v) is 5.22. The summed E-state index contributed by atoms with van der Waals surface area (Å²) in [6, 6.07) is 0.504. The molecular weight excluding hydrogens is 238 g/mol. The molecule has 1 saturated heterocycles. The number of likely N-dealkylation sites (N-methyl/N-ethyl adjacent to an activating group) is 1. The Morgan fingerprint density at radius 3 is 2.74 bits per heavy atom. The van der Waals surface area contributed by atoms with E-state index in [1.807, 2.05) is 0 Å². The average molecular weight is 263 g/mol. The molecule has 106 valence electrons. The van der Waals surface area contributed by atoms with E-state index in [0.29, 0.717) is 6.04 Å². The molecule has 2 heterocycles.